The molecule has 0 fully saturated rings. The van der Waals surface area contributed by atoms with Crippen LogP contribution in [0.15, 0.2) is 36.4 Å². The van der Waals surface area contributed by atoms with Gasteiger partial charge in [-0.15, -0.1) is 0 Å². The van der Waals surface area contributed by atoms with E-state index in [-0.39, 0.29) is 5.91 Å². The summed E-state index contributed by atoms with van der Waals surface area (Å²) in [6.07, 6.45) is 0. The number of anilines is 1. The quantitative estimate of drug-likeness (QED) is 0.718. The number of benzene rings is 2. The highest BCUT2D eigenvalue weighted by molar-refractivity contribution is 7.23. The summed E-state index contributed by atoms with van der Waals surface area (Å²) in [6.45, 7) is 5.68. The van der Waals surface area contributed by atoms with Gasteiger partial charge in [-0.3, -0.25) is 4.79 Å². The summed E-state index contributed by atoms with van der Waals surface area (Å²) in [6, 6.07) is 12.3. The molecule has 20 heavy (non-hydrogen) atoms. The minimum Gasteiger partial charge on any atom is -0.301 e. The van der Waals surface area contributed by atoms with E-state index in [0.29, 0.717) is 5.13 Å². The molecule has 0 saturated carbocycles. The molecule has 0 aliphatic carbocycles. The van der Waals surface area contributed by atoms with Gasteiger partial charge in [0.2, 0.25) is 5.91 Å². The summed E-state index contributed by atoms with van der Waals surface area (Å²) in [4.78, 5) is 16.5. The number of thiazole rings is 1. The van der Waals surface area contributed by atoms with E-state index in [0.717, 1.165) is 10.2 Å². The van der Waals surface area contributed by atoms with E-state index in [1.807, 2.05) is 39.0 Å². The van der Waals surface area contributed by atoms with E-state index in [9.17, 15) is 4.79 Å². The molecule has 1 heterocycles. The Morgan fingerprint density at radius 2 is 1.90 bits per heavy atom. The molecule has 3 nitrogen and oxygen atoms in total. The van der Waals surface area contributed by atoms with Crippen molar-refractivity contribution in [3.8, 4) is 0 Å². The Hall–Kier alpha value is -1.94. The summed E-state index contributed by atoms with van der Waals surface area (Å²) < 4.78 is 1.12. The average molecular weight is 284 g/mol. The molecule has 3 rings (SSSR count). The van der Waals surface area contributed by atoms with Crippen LogP contribution in [0.3, 0.4) is 0 Å². The van der Waals surface area contributed by atoms with Gasteiger partial charge in [-0.1, -0.05) is 62.4 Å². The number of rotatable bonds is 1. The van der Waals surface area contributed by atoms with Crippen molar-refractivity contribution >= 4 is 43.4 Å². The molecule has 0 aliphatic heterocycles. The number of nitrogens with one attached hydrogen (secondary N) is 1. The Morgan fingerprint density at radius 3 is 2.65 bits per heavy atom. The van der Waals surface area contributed by atoms with Crippen LogP contribution in [0.1, 0.15) is 20.8 Å². The van der Waals surface area contributed by atoms with Crippen molar-refractivity contribution in [2.45, 2.75) is 20.8 Å². The molecular weight excluding hydrogens is 268 g/mol. The molecule has 0 atom stereocenters. The topological polar surface area (TPSA) is 42.0 Å². The maximum Gasteiger partial charge on any atom is 0.231 e. The summed E-state index contributed by atoms with van der Waals surface area (Å²) >= 11 is 1.53. The van der Waals surface area contributed by atoms with Gasteiger partial charge in [-0.25, -0.2) is 4.98 Å². The van der Waals surface area contributed by atoms with Crippen LogP contribution in [0.25, 0.3) is 21.0 Å². The zero-order chi connectivity index (χ0) is 14.3. The lowest BCUT2D eigenvalue weighted by atomic mass is 9.96. The second kappa shape index (κ2) is 4.56. The normalized spacial score (nSPS) is 11.9. The highest BCUT2D eigenvalue weighted by Crippen LogP contribution is 2.33. The number of nitrogens with zero attached hydrogens (tertiary/aromatic N) is 1. The Morgan fingerprint density at radius 1 is 1.15 bits per heavy atom. The molecule has 1 N–H and O–H groups in total. The van der Waals surface area contributed by atoms with Crippen LogP contribution in [-0.4, -0.2) is 10.9 Å². The maximum absolute atomic E-state index is 12.0. The summed E-state index contributed by atoms with van der Waals surface area (Å²) in [5.74, 6) is -0.0131. The van der Waals surface area contributed by atoms with Crippen molar-refractivity contribution in [2.75, 3.05) is 5.32 Å². The summed E-state index contributed by atoms with van der Waals surface area (Å²) in [7, 11) is 0. The van der Waals surface area contributed by atoms with E-state index in [1.165, 1.54) is 22.1 Å². The minimum atomic E-state index is -0.417. The van der Waals surface area contributed by atoms with E-state index >= 15 is 0 Å². The fraction of sp³-hybridized carbons (Fsp3) is 0.250. The zero-order valence-electron chi connectivity index (χ0n) is 11.7. The van der Waals surface area contributed by atoms with E-state index in [4.69, 9.17) is 0 Å². The largest absolute Gasteiger partial charge is 0.301 e. The Kier molecular flexibility index (Phi) is 2.98. The smallest absolute Gasteiger partial charge is 0.231 e. The van der Waals surface area contributed by atoms with Gasteiger partial charge >= 0.3 is 0 Å². The monoisotopic (exact) mass is 284 g/mol. The van der Waals surface area contributed by atoms with Crippen LogP contribution in [0.4, 0.5) is 5.13 Å². The predicted molar refractivity (Wildman–Crippen MR) is 85.2 cm³/mol. The molecule has 3 aromatic rings. The van der Waals surface area contributed by atoms with Gasteiger partial charge in [0.05, 0.1) is 10.2 Å². The van der Waals surface area contributed by atoms with Crippen molar-refractivity contribution in [3.63, 3.8) is 0 Å². The number of fused-ring (bicyclic) bond motifs is 3. The molecular formula is C16H16N2OS. The lowest BCUT2D eigenvalue weighted by Gasteiger charge is -2.15. The van der Waals surface area contributed by atoms with Crippen LogP contribution in [0.5, 0.6) is 0 Å². The van der Waals surface area contributed by atoms with Gasteiger partial charge in [-0.05, 0) is 11.5 Å². The predicted octanol–water partition coefficient (Wildman–Crippen LogP) is 4.43. The first-order valence-electron chi connectivity index (χ1n) is 6.55. The third-order valence-corrected chi connectivity index (χ3v) is 4.20. The molecule has 0 saturated heterocycles. The van der Waals surface area contributed by atoms with Crippen LogP contribution >= 0.6 is 11.3 Å². The van der Waals surface area contributed by atoms with Crippen molar-refractivity contribution in [3.05, 3.63) is 36.4 Å². The number of aromatic nitrogens is 1. The minimum absolute atomic E-state index is 0.0131. The van der Waals surface area contributed by atoms with Gasteiger partial charge in [0, 0.05) is 10.8 Å². The molecule has 4 heteroatoms. The second-order valence-corrected chi connectivity index (χ2v) is 6.86. The number of carbonyl (C=O) groups is 1. The Labute approximate surface area is 121 Å². The molecule has 2 aromatic carbocycles. The zero-order valence-corrected chi connectivity index (χ0v) is 12.5. The lowest BCUT2D eigenvalue weighted by Crippen LogP contribution is -2.27. The first kappa shape index (κ1) is 13.1. The second-order valence-electron chi connectivity index (χ2n) is 5.86. The number of amides is 1. The van der Waals surface area contributed by atoms with Crippen molar-refractivity contribution in [1.29, 1.82) is 0 Å². The molecule has 0 radical (unpaired) electrons. The molecule has 0 spiro atoms. The van der Waals surface area contributed by atoms with Gasteiger partial charge in [-0.2, -0.15) is 0 Å². The first-order chi connectivity index (χ1) is 9.45. The van der Waals surface area contributed by atoms with Crippen LogP contribution in [0.2, 0.25) is 0 Å². The fourth-order valence-electron chi connectivity index (χ4n) is 1.99. The maximum atomic E-state index is 12.0. The van der Waals surface area contributed by atoms with E-state index in [1.54, 1.807) is 0 Å². The van der Waals surface area contributed by atoms with Gasteiger partial charge in [0.25, 0.3) is 0 Å². The number of carbonyl (C=O) groups excluding carboxylic acids is 1. The highest BCUT2D eigenvalue weighted by atomic mass is 32.1. The summed E-state index contributed by atoms with van der Waals surface area (Å²) in [5, 5.41) is 5.94. The molecule has 1 amide bonds. The van der Waals surface area contributed by atoms with Gasteiger partial charge in [0.15, 0.2) is 5.13 Å². The molecule has 1 aromatic heterocycles. The van der Waals surface area contributed by atoms with Crippen LogP contribution in [-0.2, 0) is 4.79 Å². The Bertz CT molecular complexity index is 799. The molecule has 0 aliphatic rings. The summed E-state index contributed by atoms with van der Waals surface area (Å²) in [5.41, 5.74) is 0.512. The number of hydrogen-bond acceptors (Lipinski definition) is 3. The highest BCUT2D eigenvalue weighted by Gasteiger charge is 2.22. The Balaban J connectivity index is 2.07. The van der Waals surface area contributed by atoms with Gasteiger partial charge in [0.1, 0.15) is 0 Å². The van der Waals surface area contributed by atoms with E-state index < -0.39 is 5.41 Å². The molecule has 0 bridgehead atoms. The fourth-order valence-corrected chi connectivity index (χ4v) is 2.99. The third-order valence-electron chi connectivity index (χ3n) is 3.18. The molecule has 102 valence electrons. The molecule has 0 unspecified atom stereocenters. The SMILES string of the molecule is CC(C)(C)C(=O)Nc1nc2ccc3ccccc3c2s1. The standard InChI is InChI=1S/C16H16N2OS/c1-16(2,3)14(19)18-15-17-12-9-8-10-6-4-5-7-11(10)13(12)20-15/h4-9H,1-3H3,(H,17,18,19). The first-order valence-corrected chi connectivity index (χ1v) is 7.36. The number of hydrogen-bond donors (Lipinski definition) is 1. The lowest BCUT2D eigenvalue weighted by molar-refractivity contribution is -0.123. The van der Waals surface area contributed by atoms with Gasteiger partial charge < -0.3 is 5.32 Å². The third kappa shape index (κ3) is 2.27. The van der Waals surface area contributed by atoms with Crippen LogP contribution in [0, 0.1) is 5.41 Å². The van der Waals surface area contributed by atoms with Crippen molar-refractivity contribution in [2.24, 2.45) is 5.41 Å². The van der Waals surface area contributed by atoms with E-state index in [2.05, 4.69) is 28.5 Å². The van der Waals surface area contributed by atoms with Crippen LogP contribution < -0.4 is 5.32 Å². The average Bonchev–Trinajstić information content (AvgIpc) is 2.80. The van der Waals surface area contributed by atoms with Crippen molar-refractivity contribution in [1.82, 2.24) is 4.98 Å². The van der Waals surface area contributed by atoms with Crippen molar-refractivity contribution < 1.29 is 4.79 Å².